The van der Waals surface area contributed by atoms with Crippen molar-refractivity contribution in [2.45, 2.75) is 32.2 Å². The van der Waals surface area contributed by atoms with Crippen molar-refractivity contribution in [3.8, 4) is 0 Å². The summed E-state index contributed by atoms with van der Waals surface area (Å²) < 4.78 is 43.1. The predicted molar refractivity (Wildman–Crippen MR) is 64.3 cm³/mol. The molecule has 0 amide bonds. The van der Waals surface area contributed by atoms with Gasteiger partial charge in [-0.2, -0.15) is 13.2 Å². The van der Waals surface area contributed by atoms with E-state index in [0.717, 1.165) is 6.07 Å². The van der Waals surface area contributed by atoms with E-state index in [1.54, 1.807) is 13.2 Å². The van der Waals surface area contributed by atoms with Crippen molar-refractivity contribution in [2.75, 3.05) is 13.7 Å². The van der Waals surface area contributed by atoms with Crippen molar-refractivity contribution in [1.82, 2.24) is 5.32 Å². The van der Waals surface area contributed by atoms with Crippen LogP contribution < -0.4 is 5.32 Å². The third kappa shape index (κ3) is 3.71. The van der Waals surface area contributed by atoms with Gasteiger partial charge >= 0.3 is 6.18 Å². The van der Waals surface area contributed by atoms with Crippen LogP contribution in [0, 0.1) is 0 Å². The Morgan fingerprint density at radius 2 is 2.00 bits per heavy atom. The van der Waals surface area contributed by atoms with Gasteiger partial charge in [0.1, 0.15) is 0 Å². The van der Waals surface area contributed by atoms with E-state index in [0.29, 0.717) is 12.1 Å². The molecule has 1 aromatic carbocycles. The average Bonchev–Trinajstić information content (AvgIpc) is 2.34. The van der Waals surface area contributed by atoms with E-state index in [2.05, 4.69) is 5.32 Å². The van der Waals surface area contributed by atoms with Gasteiger partial charge in [-0.1, -0.05) is 19.1 Å². The smallest absolute Gasteiger partial charge is 0.380 e. The van der Waals surface area contributed by atoms with Crippen LogP contribution in [0.4, 0.5) is 13.2 Å². The Kier molecular flexibility index (Phi) is 5.16. The van der Waals surface area contributed by atoms with Crippen LogP contribution in [0.5, 0.6) is 0 Å². The highest BCUT2D eigenvalue weighted by Gasteiger charge is 2.31. The molecule has 2 nitrogen and oxygen atoms in total. The first-order valence-corrected chi connectivity index (χ1v) is 5.83. The maximum atomic E-state index is 12.6. The molecule has 0 saturated heterocycles. The number of halogens is 3. The van der Waals surface area contributed by atoms with Crippen molar-refractivity contribution in [1.29, 1.82) is 0 Å². The van der Waals surface area contributed by atoms with Gasteiger partial charge in [0.2, 0.25) is 0 Å². The molecule has 0 fully saturated rings. The Morgan fingerprint density at radius 1 is 1.33 bits per heavy atom. The molecule has 1 N–H and O–H groups in total. The third-order valence-electron chi connectivity index (χ3n) is 2.84. The van der Waals surface area contributed by atoms with Crippen LogP contribution in [0.15, 0.2) is 24.3 Å². The summed E-state index contributed by atoms with van der Waals surface area (Å²) in [5.41, 5.74) is -0.0489. The summed E-state index contributed by atoms with van der Waals surface area (Å²) in [5, 5.41) is 3.14. The number of hydrogen-bond acceptors (Lipinski definition) is 2. The predicted octanol–water partition coefficient (Wildman–Crippen LogP) is 3.39. The molecule has 0 radical (unpaired) electrons. The highest BCUT2D eigenvalue weighted by molar-refractivity contribution is 5.28. The summed E-state index contributed by atoms with van der Waals surface area (Å²) in [5.74, 6) is 0. The van der Waals surface area contributed by atoms with E-state index >= 15 is 0 Å². The second-order valence-electron chi connectivity index (χ2n) is 4.10. The molecule has 0 spiro atoms. The maximum Gasteiger partial charge on any atom is 0.416 e. The molecular weight excluding hydrogens is 243 g/mol. The van der Waals surface area contributed by atoms with Crippen LogP contribution in [0.3, 0.4) is 0 Å². The number of likely N-dealkylation sites (N-methyl/N-ethyl adjacent to an activating group) is 1. The third-order valence-corrected chi connectivity index (χ3v) is 2.84. The van der Waals surface area contributed by atoms with E-state index in [-0.39, 0.29) is 12.1 Å². The number of benzene rings is 1. The lowest BCUT2D eigenvalue weighted by atomic mass is 10.00. The fraction of sp³-hybridized carbons (Fsp3) is 0.538. The standard InChI is InChI=1S/C13H18F3NO/c1-4-17-12(9(2)18-3)10-6-5-7-11(8-10)13(14,15)16/h5-9,12,17H,4H2,1-3H3. The molecule has 5 heteroatoms. The van der Waals surface area contributed by atoms with Crippen molar-refractivity contribution in [2.24, 2.45) is 0 Å². The number of ether oxygens (including phenoxy) is 1. The van der Waals surface area contributed by atoms with Gasteiger partial charge in [-0.3, -0.25) is 0 Å². The number of rotatable bonds is 5. The molecule has 1 aromatic rings. The summed E-state index contributed by atoms with van der Waals surface area (Å²) in [7, 11) is 1.54. The fourth-order valence-corrected chi connectivity index (χ4v) is 1.82. The summed E-state index contributed by atoms with van der Waals surface area (Å²) in [6, 6.07) is 5.10. The van der Waals surface area contributed by atoms with Crippen molar-refractivity contribution in [3.05, 3.63) is 35.4 Å². The van der Waals surface area contributed by atoms with Gasteiger partial charge in [0.15, 0.2) is 0 Å². The van der Waals surface area contributed by atoms with Crippen LogP contribution in [0.1, 0.15) is 31.0 Å². The largest absolute Gasteiger partial charge is 0.416 e. The van der Waals surface area contributed by atoms with Crippen LogP contribution in [0.25, 0.3) is 0 Å². The van der Waals surface area contributed by atoms with E-state index < -0.39 is 11.7 Å². The molecule has 2 unspecified atom stereocenters. The first-order chi connectivity index (χ1) is 8.40. The first kappa shape index (κ1) is 15.0. The van der Waals surface area contributed by atoms with Gasteiger partial charge in [-0.25, -0.2) is 0 Å². The first-order valence-electron chi connectivity index (χ1n) is 5.83. The lowest BCUT2D eigenvalue weighted by molar-refractivity contribution is -0.137. The number of alkyl halides is 3. The van der Waals surface area contributed by atoms with Crippen LogP contribution >= 0.6 is 0 Å². The SMILES string of the molecule is CCNC(c1cccc(C(F)(F)F)c1)C(C)OC. The van der Waals surface area contributed by atoms with E-state index in [1.165, 1.54) is 12.1 Å². The topological polar surface area (TPSA) is 21.3 Å². The number of nitrogens with one attached hydrogen (secondary N) is 1. The lowest BCUT2D eigenvalue weighted by Gasteiger charge is -2.24. The summed E-state index contributed by atoms with van der Waals surface area (Å²) in [6.07, 6.45) is -4.52. The molecule has 0 saturated carbocycles. The highest BCUT2D eigenvalue weighted by Crippen LogP contribution is 2.31. The molecule has 0 aliphatic rings. The minimum absolute atomic E-state index is 0.201. The molecule has 2 atom stereocenters. The van der Waals surface area contributed by atoms with Crippen LogP contribution in [-0.2, 0) is 10.9 Å². The van der Waals surface area contributed by atoms with E-state index in [4.69, 9.17) is 4.74 Å². The molecule has 0 aliphatic heterocycles. The molecule has 0 bridgehead atoms. The normalized spacial score (nSPS) is 15.4. The number of methoxy groups -OCH3 is 1. The zero-order valence-electron chi connectivity index (χ0n) is 10.7. The second-order valence-corrected chi connectivity index (χ2v) is 4.10. The minimum atomic E-state index is -4.32. The lowest BCUT2D eigenvalue weighted by Crippen LogP contribution is -2.31. The minimum Gasteiger partial charge on any atom is -0.380 e. The Hall–Kier alpha value is -1.07. The van der Waals surface area contributed by atoms with Crippen molar-refractivity contribution < 1.29 is 17.9 Å². The number of hydrogen-bond donors (Lipinski definition) is 1. The summed E-state index contributed by atoms with van der Waals surface area (Å²) >= 11 is 0. The summed E-state index contributed by atoms with van der Waals surface area (Å²) in [6.45, 7) is 4.39. The van der Waals surface area contributed by atoms with Gasteiger partial charge in [-0.15, -0.1) is 0 Å². The quantitative estimate of drug-likeness (QED) is 0.877. The zero-order chi connectivity index (χ0) is 13.8. The van der Waals surface area contributed by atoms with E-state index in [1.807, 2.05) is 13.8 Å². The van der Waals surface area contributed by atoms with Gasteiger partial charge < -0.3 is 10.1 Å². The second kappa shape index (κ2) is 6.20. The van der Waals surface area contributed by atoms with E-state index in [9.17, 15) is 13.2 Å². The van der Waals surface area contributed by atoms with Crippen LogP contribution in [0.2, 0.25) is 0 Å². The molecule has 0 aliphatic carbocycles. The van der Waals surface area contributed by atoms with Crippen molar-refractivity contribution in [3.63, 3.8) is 0 Å². The van der Waals surface area contributed by atoms with Gasteiger partial charge in [0.05, 0.1) is 17.7 Å². The highest BCUT2D eigenvalue weighted by atomic mass is 19.4. The van der Waals surface area contributed by atoms with Crippen molar-refractivity contribution >= 4 is 0 Å². The van der Waals surface area contributed by atoms with Gasteiger partial charge in [0, 0.05) is 7.11 Å². The zero-order valence-corrected chi connectivity index (χ0v) is 10.7. The Labute approximate surface area is 105 Å². The molecule has 102 valence electrons. The van der Waals surface area contributed by atoms with Crippen LogP contribution in [-0.4, -0.2) is 19.8 Å². The Bertz CT molecular complexity index is 379. The molecule has 0 aromatic heterocycles. The average molecular weight is 261 g/mol. The molecular formula is C13H18F3NO. The Morgan fingerprint density at radius 3 is 2.50 bits per heavy atom. The summed E-state index contributed by atoms with van der Waals surface area (Å²) in [4.78, 5) is 0. The maximum absolute atomic E-state index is 12.6. The monoisotopic (exact) mass is 261 g/mol. The Balaban J connectivity index is 3.05. The molecule has 0 heterocycles. The molecule has 18 heavy (non-hydrogen) atoms. The van der Waals surface area contributed by atoms with Gasteiger partial charge in [0.25, 0.3) is 0 Å². The molecule has 1 rings (SSSR count). The van der Waals surface area contributed by atoms with Gasteiger partial charge in [-0.05, 0) is 31.2 Å². The fourth-order valence-electron chi connectivity index (χ4n) is 1.82.